The molecule has 10 heteroatoms. The van der Waals surface area contributed by atoms with Crippen molar-refractivity contribution >= 4 is 50.6 Å². The second kappa shape index (κ2) is 8.48. The van der Waals surface area contributed by atoms with Crippen molar-refractivity contribution in [2.24, 2.45) is 5.73 Å². The number of amides is 2. The minimum Gasteiger partial charge on any atom is -0.369 e. The van der Waals surface area contributed by atoms with Crippen molar-refractivity contribution < 1.29 is 18.0 Å². The average Bonchev–Trinajstić information content (AvgIpc) is 3.09. The summed E-state index contributed by atoms with van der Waals surface area (Å²) in [5.41, 5.74) is 5.63. The Labute approximate surface area is 154 Å². The van der Waals surface area contributed by atoms with Crippen LogP contribution in [-0.2, 0) is 19.6 Å². The zero-order valence-corrected chi connectivity index (χ0v) is 15.8. The molecule has 0 unspecified atom stereocenters. The van der Waals surface area contributed by atoms with E-state index >= 15 is 0 Å². The number of carbonyl (C=O) groups excluding carboxylic acids is 2. The van der Waals surface area contributed by atoms with Crippen molar-refractivity contribution in [3.05, 3.63) is 41.8 Å². The lowest BCUT2D eigenvalue weighted by atomic mass is 10.3. The smallest absolute Gasteiger partial charge is 0.252 e. The summed E-state index contributed by atoms with van der Waals surface area (Å²) in [7, 11) is -2.34. The van der Waals surface area contributed by atoms with E-state index in [1.807, 2.05) is 0 Å². The highest BCUT2D eigenvalue weighted by atomic mass is 32.2. The molecular formula is C15H17N3O4S3. The minimum atomic E-state index is -3.69. The number of para-hydroxylation sites is 1. The fourth-order valence-electron chi connectivity index (χ4n) is 1.89. The van der Waals surface area contributed by atoms with E-state index in [1.165, 1.54) is 24.9 Å². The molecule has 2 amide bonds. The van der Waals surface area contributed by atoms with Gasteiger partial charge < -0.3 is 11.1 Å². The van der Waals surface area contributed by atoms with Gasteiger partial charge in [-0.05, 0) is 23.6 Å². The van der Waals surface area contributed by atoms with E-state index in [-0.39, 0.29) is 16.5 Å². The first-order valence-electron chi connectivity index (χ1n) is 7.10. The Morgan fingerprint density at radius 3 is 2.60 bits per heavy atom. The van der Waals surface area contributed by atoms with Crippen LogP contribution in [0.15, 0.2) is 50.9 Å². The van der Waals surface area contributed by atoms with Crippen LogP contribution in [0.2, 0.25) is 0 Å². The number of likely N-dealkylation sites (N-methyl/N-ethyl adjacent to an activating group) is 1. The largest absolute Gasteiger partial charge is 0.369 e. The molecule has 1 aromatic carbocycles. The monoisotopic (exact) mass is 399 g/mol. The summed E-state index contributed by atoms with van der Waals surface area (Å²) in [6.07, 6.45) is 0. The second-order valence-corrected chi connectivity index (χ2v) is 9.23. The summed E-state index contributed by atoms with van der Waals surface area (Å²) in [6.45, 7) is -0.324. The third kappa shape index (κ3) is 5.30. The maximum Gasteiger partial charge on any atom is 0.252 e. The van der Waals surface area contributed by atoms with E-state index in [1.54, 1.807) is 35.7 Å². The van der Waals surface area contributed by atoms with Gasteiger partial charge in [0.15, 0.2) is 0 Å². The van der Waals surface area contributed by atoms with Crippen LogP contribution in [0.3, 0.4) is 0 Å². The van der Waals surface area contributed by atoms with E-state index < -0.39 is 21.8 Å². The molecule has 2 rings (SSSR count). The van der Waals surface area contributed by atoms with Crippen molar-refractivity contribution in [1.82, 2.24) is 4.31 Å². The molecule has 1 aromatic heterocycles. The summed E-state index contributed by atoms with van der Waals surface area (Å²) in [5, 5.41) is 4.33. The van der Waals surface area contributed by atoms with Crippen LogP contribution in [0, 0.1) is 0 Å². The lowest BCUT2D eigenvalue weighted by Gasteiger charge is -2.16. The van der Waals surface area contributed by atoms with Crippen LogP contribution in [0.1, 0.15) is 0 Å². The van der Waals surface area contributed by atoms with E-state index in [0.29, 0.717) is 10.6 Å². The Kier molecular flexibility index (Phi) is 6.59. The second-order valence-electron chi connectivity index (χ2n) is 4.99. The van der Waals surface area contributed by atoms with Gasteiger partial charge in [0.1, 0.15) is 4.21 Å². The molecule has 3 N–H and O–H groups in total. The van der Waals surface area contributed by atoms with Gasteiger partial charge in [0.25, 0.3) is 10.0 Å². The number of nitrogens with two attached hydrogens (primary N) is 1. The molecule has 1 heterocycles. The molecule has 0 aliphatic carbocycles. The fraction of sp³-hybridized carbons (Fsp3) is 0.200. The number of thioether (sulfide) groups is 1. The van der Waals surface area contributed by atoms with Crippen LogP contribution in [0.25, 0.3) is 0 Å². The van der Waals surface area contributed by atoms with Crippen molar-refractivity contribution in [1.29, 1.82) is 0 Å². The number of carbonyl (C=O) groups is 2. The maximum atomic E-state index is 12.3. The first-order chi connectivity index (χ1) is 11.8. The molecule has 0 bridgehead atoms. The number of primary amides is 1. The highest BCUT2D eigenvalue weighted by Crippen LogP contribution is 2.27. The number of thiophene rings is 1. The van der Waals surface area contributed by atoms with E-state index in [9.17, 15) is 18.0 Å². The Balaban J connectivity index is 2.04. The Morgan fingerprint density at radius 1 is 1.24 bits per heavy atom. The molecule has 134 valence electrons. The number of benzene rings is 1. The van der Waals surface area contributed by atoms with Gasteiger partial charge in [-0.3, -0.25) is 9.59 Å². The van der Waals surface area contributed by atoms with Crippen LogP contribution >= 0.6 is 23.1 Å². The van der Waals surface area contributed by atoms with Gasteiger partial charge in [-0.2, -0.15) is 4.31 Å². The number of sulfonamides is 1. The van der Waals surface area contributed by atoms with Crippen LogP contribution < -0.4 is 11.1 Å². The normalized spacial score (nSPS) is 11.4. The molecular weight excluding hydrogens is 382 g/mol. The summed E-state index contributed by atoms with van der Waals surface area (Å²) < 4.78 is 25.8. The van der Waals surface area contributed by atoms with Crippen molar-refractivity contribution in [2.45, 2.75) is 9.10 Å². The Morgan fingerprint density at radius 2 is 1.96 bits per heavy atom. The first-order valence-corrected chi connectivity index (χ1v) is 10.4. The molecule has 0 radical (unpaired) electrons. The van der Waals surface area contributed by atoms with Gasteiger partial charge in [-0.15, -0.1) is 23.1 Å². The molecule has 0 saturated carbocycles. The van der Waals surface area contributed by atoms with Crippen molar-refractivity contribution in [2.75, 3.05) is 24.7 Å². The Bertz CT molecular complexity index is 851. The number of nitrogens with zero attached hydrogens (tertiary/aromatic N) is 1. The van der Waals surface area contributed by atoms with Crippen molar-refractivity contribution in [3.63, 3.8) is 0 Å². The van der Waals surface area contributed by atoms with Crippen LogP contribution in [-0.4, -0.2) is 43.9 Å². The number of anilines is 1. The summed E-state index contributed by atoms with van der Waals surface area (Å²) in [5.74, 6) is -0.859. The molecule has 0 spiro atoms. The number of hydrogen-bond donors (Lipinski definition) is 2. The molecule has 7 nitrogen and oxygen atoms in total. The number of nitrogens with one attached hydrogen (secondary N) is 1. The molecule has 0 fully saturated rings. The highest BCUT2D eigenvalue weighted by molar-refractivity contribution is 8.00. The van der Waals surface area contributed by atoms with Gasteiger partial charge in [0.2, 0.25) is 11.8 Å². The molecule has 2 aromatic rings. The van der Waals surface area contributed by atoms with Crippen molar-refractivity contribution in [3.8, 4) is 0 Å². The highest BCUT2D eigenvalue weighted by Gasteiger charge is 2.24. The summed E-state index contributed by atoms with van der Waals surface area (Å²) in [4.78, 5) is 23.8. The van der Waals surface area contributed by atoms with Gasteiger partial charge in [0, 0.05) is 11.9 Å². The van der Waals surface area contributed by atoms with Gasteiger partial charge in [-0.25, -0.2) is 8.42 Å². The van der Waals surface area contributed by atoms with Gasteiger partial charge in [0.05, 0.1) is 18.0 Å². The topological polar surface area (TPSA) is 110 Å². The van der Waals surface area contributed by atoms with Crippen LogP contribution in [0.5, 0.6) is 0 Å². The lowest BCUT2D eigenvalue weighted by molar-refractivity contribution is -0.116. The lowest BCUT2D eigenvalue weighted by Crippen LogP contribution is -2.34. The van der Waals surface area contributed by atoms with E-state index in [2.05, 4.69) is 5.32 Å². The zero-order valence-electron chi connectivity index (χ0n) is 13.3. The predicted molar refractivity (Wildman–Crippen MR) is 99.1 cm³/mol. The fourth-order valence-corrected chi connectivity index (χ4v) is 4.96. The average molecular weight is 400 g/mol. The predicted octanol–water partition coefficient (Wildman–Crippen LogP) is 1.58. The summed E-state index contributed by atoms with van der Waals surface area (Å²) in [6, 6.07) is 10.1. The molecule has 0 atom stereocenters. The first kappa shape index (κ1) is 19.4. The number of hydrogen-bond acceptors (Lipinski definition) is 6. The molecule has 25 heavy (non-hydrogen) atoms. The molecule has 0 aliphatic heterocycles. The van der Waals surface area contributed by atoms with Crippen LogP contribution in [0.4, 0.5) is 5.69 Å². The quantitative estimate of drug-likeness (QED) is 0.655. The Hall–Kier alpha value is -1.88. The SMILES string of the molecule is CN(CC(=O)Nc1ccccc1SCC(N)=O)S(=O)(=O)c1cccs1. The van der Waals surface area contributed by atoms with Gasteiger partial charge >= 0.3 is 0 Å². The number of rotatable bonds is 8. The third-order valence-corrected chi connectivity index (χ3v) is 7.33. The molecule has 0 aliphatic rings. The van der Waals surface area contributed by atoms with E-state index in [0.717, 1.165) is 15.6 Å². The minimum absolute atomic E-state index is 0.0829. The standard InChI is InChI=1S/C15H17N3O4S3/c1-18(25(21,22)15-7-4-8-23-15)9-14(20)17-11-5-2-3-6-12(11)24-10-13(16)19/h2-8H,9-10H2,1H3,(H2,16,19)(H,17,20). The van der Waals surface area contributed by atoms with Gasteiger partial charge in [-0.1, -0.05) is 18.2 Å². The third-order valence-electron chi connectivity index (χ3n) is 3.06. The summed E-state index contributed by atoms with van der Waals surface area (Å²) >= 11 is 2.29. The zero-order chi connectivity index (χ0) is 18.4. The molecule has 0 saturated heterocycles. The maximum absolute atomic E-state index is 12.3. The van der Waals surface area contributed by atoms with E-state index in [4.69, 9.17) is 5.73 Å².